The maximum atomic E-state index is 12.3. The van der Waals surface area contributed by atoms with Gasteiger partial charge in [-0.15, -0.1) is 0 Å². The van der Waals surface area contributed by atoms with Crippen molar-refractivity contribution in [3.05, 3.63) is 11.6 Å². The molecule has 4 aliphatic carbocycles. The standard InChI is InChI=1S/C13H14O4/c1-3-17-7(14)4-6-8-9-10-12(5-16-2,11(6)15)13(8,9)10/h4,8-10H,3,5H2,1-2H3. The van der Waals surface area contributed by atoms with Crippen LogP contribution in [0.15, 0.2) is 11.6 Å². The summed E-state index contributed by atoms with van der Waals surface area (Å²) >= 11 is 0. The molecule has 0 aromatic carbocycles. The van der Waals surface area contributed by atoms with Crippen molar-refractivity contribution in [2.24, 2.45) is 28.6 Å². The van der Waals surface area contributed by atoms with Crippen LogP contribution < -0.4 is 0 Å². The average molecular weight is 234 g/mol. The minimum absolute atomic E-state index is 0.143. The zero-order valence-electron chi connectivity index (χ0n) is 9.86. The average Bonchev–Trinajstić information content (AvgIpc) is 3.15. The number of ether oxygens (including phenoxy) is 2. The Morgan fingerprint density at radius 3 is 2.94 bits per heavy atom. The van der Waals surface area contributed by atoms with E-state index >= 15 is 0 Å². The van der Waals surface area contributed by atoms with E-state index in [4.69, 9.17) is 9.47 Å². The van der Waals surface area contributed by atoms with Gasteiger partial charge in [0, 0.05) is 24.2 Å². The fourth-order valence-electron chi connectivity index (χ4n) is 4.70. The molecule has 4 rings (SSSR count). The lowest BCUT2D eigenvalue weighted by atomic mass is 9.83. The van der Waals surface area contributed by atoms with Crippen LogP contribution in [0.3, 0.4) is 0 Å². The van der Waals surface area contributed by atoms with Crippen molar-refractivity contribution in [1.29, 1.82) is 0 Å². The molecule has 0 saturated heterocycles. The minimum atomic E-state index is -0.385. The van der Waals surface area contributed by atoms with Gasteiger partial charge in [-0.05, 0) is 24.7 Å². The van der Waals surface area contributed by atoms with Gasteiger partial charge in [-0.1, -0.05) is 0 Å². The summed E-state index contributed by atoms with van der Waals surface area (Å²) in [6, 6.07) is 0. The zero-order chi connectivity index (χ0) is 12.0. The number of allylic oxidation sites excluding steroid dienone is 1. The van der Waals surface area contributed by atoms with E-state index in [9.17, 15) is 9.59 Å². The van der Waals surface area contributed by atoms with Crippen LogP contribution in [0.4, 0.5) is 0 Å². The number of carbonyl (C=O) groups excluding carboxylic acids is 2. The molecule has 17 heavy (non-hydrogen) atoms. The topological polar surface area (TPSA) is 52.6 Å². The van der Waals surface area contributed by atoms with Crippen LogP contribution in [0.1, 0.15) is 6.92 Å². The number of hydrogen-bond acceptors (Lipinski definition) is 4. The second kappa shape index (κ2) is 2.48. The highest BCUT2D eigenvalue weighted by atomic mass is 16.5. The van der Waals surface area contributed by atoms with E-state index in [2.05, 4.69) is 0 Å². The lowest BCUT2D eigenvalue weighted by Crippen LogP contribution is -2.31. The molecule has 5 atom stereocenters. The lowest BCUT2D eigenvalue weighted by molar-refractivity contribution is -0.137. The predicted molar refractivity (Wildman–Crippen MR) is 56.9 cm³/mol. The van der Waals surface area contributed by atoms with Gasteiger partial charge >= 0.3 is 5.97 Å². The van der Waals surface area contributed by atoms with E-state index in [1.54, 1.807) is 14.0 Å². The molecule has 4 heteroatoms. The second-order valence-electron chi connectivity index (χ2n) is 5.50. The first-order valence-corrected chi connectivity index (χ1v) is 6.10. The molecular weight excluding hydrogens is 220 g/mol. The summed E-state index contributed by atoms with van der Waals surface area (Å²) in [5.74, 6) is 1.36. The number of rotatable bonds is 4. The smallest absolute Gasteiger partial charge is 0.331 e. The van der Waals surface area contributed by atoms with E-state index in [0.717, 1.165) is 0 Å². The highest BCUT2D eigenvalue weighted by Gasteiger charge is 3.15. The van der Waals surface area contributed by atoms with E-state index in [1.807, 2.05) is 0 Å². The Kier molecular flexibility index (Phi) is 1.44. The third-order valence-electron chi connectivity index (χ3n) is 5.24. The summed E-state index contributed by atoms with van der Waals surface area (Å²) in [4.78, 5) is 23.7. The molecule has 4 nitrogen and oxygen atoms in total. The second-order valence-corrected chi connectivity index (χ2v) is 5.50. The van der Waals surface area contributed by atoms with E-state index in [1.165, 1.54) is 6.08 Å². The molecule has 5 unspecified atom stereocenters. The summed E-state index contributed by atoms with van der Waals surface area (Å²) in [5, 5.41) is 0. The van der Waals surface area contributed by atoms with Gasteiger partial charge in [0.2, 0.25) is 0 Å². The van der Waals surface area contributed by atoms with Crippen LogP contribution in [0, 0.1) is 28.6 Å². The Hall–Kier alpha value is -1.16. The van der Waals surface area contributed by atoms with Crippen molar-refractivity contribution in [3.8, 4) is 0 Å². The van der Waals surface area contributed by atoms with Crippen molar-refractivity contribution in [2.45, 2.75) is 6.92 Å². The summed E-state index contributed by atoms with van der Waals surface area (Å²) in [6.07, 6.45) is 1.41. The van der Waals surface area contributed by atoms with Gasteiger partial charge in [0.1, 0.15) is 0 Å². The lowest BCUT2D eigenvalue weighted by Gasteiger charge is -2.21. The van der Waals surface area contributed by atoms with Crippen LogP contribution in [0.2, 0.25) is 0 Å². The SMILES string of the molecule is CCOC(=O)C=C1C(=O)C2(COC)C3C4C1C432. The molecule has 0 aliphatic heterocycles. The first-order chi connectivity index (χ1) is 8.17. The van der Waals surface area contributed by atoms with Crippen molar-refractivity contribution >= 4 is 11.8 Å². The molecule has 90 valence electrons. The molecule has 4 saturated carbocycles. The van der Waals surface area contributed by atoms with Crippen LogP contribution in [-0.2, 0) is 19.1 Å². The van der Waals surface area contributed by atoms with Crippen molar-refractivity contribution in [3.63, 3.8) is 0 Å². The third kappa shape index (κ3) is 0.707. The normalized spacial score (nSPS) is 53.2. The van der Waals surface area contributed by atoms with Crippen LogP contribution >= 0.6 is 0 Å². The third-order valence-corrected chi connectivity index (χ3v) is 5.24. The number of esters is 1. The summed E-state index contributed by atoms with van der Waals surface area (Å²) in [6.45, 7) is 2.63. The Labute approximate surface area is 99.0 Å². The number of ketones is 1. The molecule has 0 amide bonds. The molecule has 0 N–H and O–H groups in total. The Bertz CT molecular complexity index is 494. The molecule has 0 aromatic heterocycles. The maximum Gasteiger partial charge on any atom is 0.331 e. The summed E-state index contributed by atoms with van der Waals surface area (Å²) < 4.78 is 10.1. The van der Waals surface area contributed by atoms with Crippen LogP contribution in [0.5, 0.6) is 0 Å². The predicted octanol–water partition coefficient (Wildman–Crippen LogP) is 0.567. The summed E-state index contributed by atoms with van der Waals surface area (Å²) in [7, 11) is 1.63. The van der Waals surface area contributed by atoms with E-state index < -0.39 is 0 Å². The van der Waals surface area contributed by atoms with Gasteiger partial charge < -0.3 is 9.47 Å². The first kappa shape index (κ1) is 9.83. The molecule has 4 fully saturated rings. The van der Waals surface area contributed by atoms with Gasteiger partial charge in [-0.2, -0.15) is 0 Å². The Morgan fingerprint density at radius 1 is 1.53 bits per heavy atom. The molecule has 1 spiro atoms. The Morgan fingerprint density at radius 2 is 2.29 bits per heavy atom. The fraction of sp³-hybridized carbons (Fsp3) is 0.692. The fourth-order valence-corrected chi connectivity index (χ4v) is 4.70. The highest BCUT2D eigenvalue weighted by molar-refractivity contribution is 6.16. The van der Waals surface area contributed by atoms with Gasteiger partial charge in [0.05, 0.1) is 18.6 Å². The number of carbonyl (C=O) groups is 2. The quantitative estimate of drug-likeness (QED) is 0.527. The van der Waals surface area contributed by atoms with Crippen LogP contribution in [-0.4, -0.2) is 32.1 Å². The van der Waals surface area contributed by atoms with E-state index in [0.29, 0.717) is 36.5 Å². The molecule has 0 bridgehead atoms. The van der Waals surface area contributed by atoms with Gasteiger partial charge in [-0.25, -0.2) is 4.79 Å². The van der Waals surface area contributed by atoms with Crippen molar-refractivity contribution in [2.75, 3.05) is 20.3 Å². The maximum absolute atomic E-state index is 12.3. The van der Waals surface area contributed by atoms with E-state index in [-0.39, 0.29) is 22.6 Å². The summed E-state index contributed by atoms with van der Waals surface area (Å²) in [5.41, 5.74) is 0.696. The molecule has 4 aliphatic rings. The number of fused-ring (bicyclic) bond motifs is 3. The zero-order valence-corrected chi connectivity index (χ0v) is 9.86. The molecule has 0 heterocycles. The van der Waals surface area contributed by atoms with Gasteiger partial charge in [0.25, 0.3) is 0 Å². The highest BCUT2D eigenvalue weighted by Crippen LogP contribution is 3.13. The van der Waals surface area contributed by atoms with Crippen LogP contribution in [0.25, 0.3) is 0 Å². The van der Waals surface area contributed by atoms with Gasteiger partial charge in [-0.3, -0.25) is 4.79 Å². The van der Waals surface area contributed by atoms with Gasteiger partial charge in [0.15, 0.2) is 5.78 Å². The number of Topliss-reactive ketones (excluding diaryl/α,β-unsaturated/α-hetero) is 1. The monoisotopic (exact) mass is 234 g/mol. The largest absolute Gasteiger partial charge is 0.463 e. The molecule has 0 aromatic rings. The minimum Gasteiger partial charge on any atom is -0.463 e. The molecular formula is C13H14O4. The number of methoxy groups -OCH3 is 1. The van der Waals surface area contributed by atoms with Crippen molar-refractivity contribution < 1.29 is 19.1 Å². The Balaban J connectivity index is 1.62. The van der Waals surface area contributed by atoms with Crippen molar-refractivity contribution in [1.82, 2.24) is 0 Å². The number of hydrogen-bond donors (Lipinski definition) is 0. The molecule has 0 radical (unpaired) electrons. The first-order valence-electron chi connectivity index (χ1n) is 6.10.